The van der Waals surface area contributed by atoms with Gasteiger partial charge in [0.1, 0.15) is 10.6 Å². The summed E-state index contributed by atoms with van der Waals surface area (Å²) in [6.45, 7) is 0.203. The first-order chi connectivity index (χ1) is 9.12. The molecule has 0 fully saturated rings. The molecule has 1 heterocycles. The molecule has 0 bridgehead atoms. The Morgan fingerprint density at radius 1 is 1.26 bits per heavy atom. The number of ether oxygens (including phenoxy) is 1. The Morgan fingerprint density at radius 2 is 2.11 bits per heavy atom. The van der Waals surface area contributed by atoms with E-state index in [1.54, 1.807) is 25.3 Å². The number of benzene rings is 1. The first-order valence-corrected chi connectivity index (χ1v) is 7.13. The van der Waals surface area contributed by atoms with Crippen molar-refractivity contribution in [2.75, 3.05) is 7.11 Å². The summed E-state index contributed by atoms with van der Waals surface area (Å²) in [7, 11) is -1.96. The van der Waals surface area contributed by atoms with Crippen molar-refractivity contribution in [3.05, 3.63) is 54.4 Å². The van der Waals surface area contributed by atoms with Gasteiger partial charge in [-0.25, -0.2) is 13.1 Å². The molecular weight excluding hydrogens is 264 g/mol. The first-order valence-electron chi connectivity index (χ1n) is 5.64. The number of aromatic nitrogens is 1. The Balaban J connectivity index is 2.10. The molecule has 0 saturated heterocycles. The average Bonchev–Trinajstić information content (AvgIpc) is 2.46. The molecule has 1 aromatic heterocycles. The third-order valence-electron chi connectivity index (χ3n) is 2.55. The highest BCUT2D eigenvalue weighted by molar-refractivity contribution is 7.89. The molecule has 19 heavy (non-hydrogen) atoms. The molecule has 0 aliphatic carbocycles. The van der Waals surface area contributed by atoms with Crippen molar-refractivity contribution in [3.8, 4) is 5.75 Å². The molecule has 0 atom stereocenters. The Kier molecular flexibility index (Phi) is 4.13. The van der Waals surface area contributed by atoms with Crippen LogP contribution in [-0.4, -0.2) is 20.5 Å². The lowest BCUT2D eigenvalue weighted by molar-refractivity contribution is 0.414. The van der Waals surface area contributed by atoms with Gasteiger partial charge in [-0.1, -0.05) is 12.1 Å². The minimum Gasteiger partial charge on any atom is -0.497 e. The van der Waals surface area contributed by atoms with Crippen molar-refractivity contribution in [1.82, 2.24) is 9.71 Å². The topological polar surface area (TPSA) is 68.3 Å². The summed E-state index contributed by atoms with van der Waals surface area (Å²) in [4.78, 5) is 3.94. The fourth-order valence-corrected chi connectivity index (χ4v) is 2.53. The van der Waals surface area contributed by atoms with Gasteiger partial charge in [0, 0.05) is 18.9 Å². The average molecular weight is 278 g/mol. The van der Waals surface area contributed by atoms with E-state index < -0.39 is 10.0 Å². The van der Waals surface area contributed by atoms with Crippen LogP contribution in [0.1, 0.15) is 5.56 Å². The van der Waals surface area contributed by atoms with Crippen molar-refractivity contribution in [2.45, 2.75) is 11.4 Å². The van der Waals surface area contributed by atoms with Crippen LogP contribution in [0, 0.1) is 0 Å². The number of methoxy groups -OCH3 is 1. The van der Waals surface area contributed by atoms with Crippen LogP contribution in [-0.2, 0) is 16.6 Å². The molecule has 0 aliphatic heterocycles. The van der Waals surface area contributed by atoms with E-state index in [2.05, 4.69) is 9.71 Å². The monoisotopic (exact) mass is 278 g/mol. The fraction of sp³-hybridized carbons (Fsp3) is 0.154. The normalized spacial score (nSPS) is 11.2. The van der Waals surface area contributed by atoms with Gasteiger partial charge in [0.05, 0.1) is 7.11 Å². The van der Waals surface area contributed by atoms with E-state index in [0.717, 1.165) is 5.56 Å². The van der Waals surface area contributed by atoms with Gasteiger partial charge in [-0.2, -0.15) is 0 Å². The van der Waals surface area contributed by atoms with Crippen molar-refractivity contribution in [3.63, 3.8) is 0 Å². The van der Waals surface area contributed by atoms with E-state index in [4.69, 9.17) is 4.74 Å². The van der Waals surface area contributed by atoms with Crippen molar-refractivity contribution >= 4 is 10.0 Å². The highest BCUT2D eigenvalue weighted by Crippen LogP contribution is 2.13. The predicted octanol–water partition coefficient (Wildman–Crippen LogP) is 1.57. The smallest absolute Gasteiger partial charge is 0.242 e. The maximum Gasteiger partial charge on any atom is 0.242 e. The van der Waals surface area contributed by atoms with E-state index in [9.17, 15) is 8.42 Å². The SMILES string of the molecule is COc1cccc(CNS(=O)(=O)c2cccnc2)c1. The van der Waals surface area contributed by atoms with Gasteiger partial charge >= 0.3 is 0 Å². The third kappa shape index (κ3) is 3.52. The number of hydrogen-bond acceptors (Lipinski definition) is 4. The lowest BCUT2D eigenvalue weighted by Crippen LogP contribution is -2.23. The molecular formula is C13H14N2O3S. The van der Waals surface area contributed by atoms with E-state index in [-0.39, 0.29) is 11.4 Å². The zero-order chi connectivity index (χ0) is 13.7. The summed E-state index contributed by atoms with van der Waals surface area (Å²) in [5, 5.41) is 0. The summed E-state index contributed by atoms with van der Waals surface area (Å²) >= 11 is 0. The maximum absolute atomic E-state index is 12.0. The largest absolute Gasteiger partial charge is 0.497 e. The van der Waals surface area contributed by atoms with Gasteiger partial charge in [0.25, 0.3) is 0 Å². The zero-order valence-corrected chi connectivity index (χ0v) is 11.2. The van der Waals surface area contributed by atoms with E-state index in [0.29, 0.717) is 5.75 Å². The second-order valence-electron chi connectivity index (χ2n) is 3.86. The molecule has 2 aromatic rings. The number of sulfonamides is 1. The highest BCUT2D eigenvalue weighted by Gasteiger charge is 2.13. The van der Waals surface area contributed by atoms with E-state index in [1.807, 2.05) is 12.1 Å². The fourth-order valence-electron chi connectivity index (χ4n) is 1.55. The van der Waals surface area contributed by atoms with Gasteiger partial charge < -0.3 is 4.74 Å². The Hall–Kier alpha value is -1.92. The second-order valence-corrected chi connectivity index (χ2v) is 5.63. The molecule has 0 amide bonds. The molecule has 6 heteroatoms. The summed E-state index contributed by atoms with van der Waals surface area (Å²) in [6.07, 6.45) is 2.84. The predicted molar refractivity (Wildman–Crippen MR) is 71.3 cm³/mol. The van der Waals surface area contributed by atoms with Crippen LogP contribution in [0.3, 0.4) is 0 Å². The number of pyridine rings is 1. The number of hydrogen-bond donors (Lipinski definition) is 1. The second kappa shape index (κ2) is 5.81. The zero-order valence-electron chi connectivity index (χ0n) is 10.4. The van der Waals surface area contributed by atoms with Crippen LogP contribution < -0.4 is 9.46 Å². The Morgan fingerprint density at radius 3 is 2.79 bits per heavy atom. The third-order valence-corrected chi connectivity index (χ3v) is 3.93. The number of nitrogens with zero attached hydrogens (tertiary/aromatic N) is 1. The van der Waals surface area contributed by atoms with Crippen LogP contribution in [0.5, 0.6) is 5.75 Å². The van der Waals surface area contributed by atoms with Crippen LogP contribution in [0.2, 0.25) is 0 Å². The Labute approximate surface area is 112 Å². The first kappa shape index (κ1) is 13.5. The van der Waals surface area contributed by atoms with Crippen molar-refractivity contribution in [1.29, 1.82) is 0 Å². The lowest BCUT2D eigenvalue weighted by atomic mass is 10.2. The number of rotatable bonds is 5. The van der Waals surface area contributed by atoms with Crippen LogP contribution in [0.15, 0.2) is 53.7 Å². The minimum absolute atomic E-state index is 0.151. The van der Waals surface area contributed by atoms with Crippen molar-refractivity contribution in [2.24, 2.45) is 0 Å². The molecule has 1 N–H and O–H groups in total. The lowest BCUT2D eigenvalue weighted by Gasteiger charge is -2.07. The van der Waals surface area contributed by atoms with Gasteiger partial charge in [-0.15, -0.1) is 0 Å². The van der Waals surface area contributed by atoms with Gasteiger partial charge in [-0.3, -0.25) is 4.98 Å². The molecule has 1 aromatic carbocycles. The van der Waals surface area contributed by atoms with Gasteiger partial charge in [0.15, 0.2) is 0 Å². The highest BCUT2D eigenvalue weighted by atomic mass is 32.2. The Bertz CT molecular complexity index is 642. The van der Waals surface area contributed by atoms with Crippen LogP contribution in [0.4, 0.5) is 0 Å². The molecule has 2 rings (SSSR count). The summed E-state index contributed by atoms with van der Waals surface area (Å²) in [5.41, 5.74) is 0.826. The van der Waals surface area contributed by atoms with Crippen molar-refractivity contribution < 1.29 is 13.2 Å². The van der Waals surface area contributed by atoms with Crippen LogP contribution in [0.25, 0.3) is 0 Å². The molecule has 0 unspecified atom stereocenters. The minimum atomic E-state index is -3.53. The molecule has 0 aliphatic rings. The molecule has 0 saturated carbocycles. The van der Waals surface area contributed by atoms with Gasteiger partial charge in [0.2, 0.25) is 10.0 Å². The summed E-state index contributed by atoms with van der Waals surface area (Å²) < 4.78 is 31.6. The summed E-state index contributed by atoms with van der Waals surface area (Å²) in [5.74, 6) is 0.693. The number of nitrogens with one attached hydrogen (secondary N) is 1. The van der Waals surface area contributed by atoms with Crippen LogP contribution >= 0.6 is 0 Å². The maximum atomic E-state index is 12.0. The molecule has 0 spiro atoms. The van der Waals surface area contributed by atoms with Gasteiger partial charge in [-0.05, 0) is 29.8 Å². The molecule has 5 nitrogen and oxygen atoms in total. The standard InChI is InChI=1S/C13H14N2O3S/c1-18-12-5-2-4-11(8-12)9-15-19(16,17)13-6-3-7-14-10-13/h2-8,10,15H,9H2,1H3. The summed E-state index contributed by atoms with van der Waals surface area (Å²) in [6, 6.07) is 10.3. The molecule has 100 valence electrons. The van der Waals surface area contributed by atoms with E-state index in [1.165, 1.54) is 18.5 Å². The quantitative estimate of drug-likeness (QED) is 0.901. The van der Waals surface area contributed by atoms with E-state index >= 15 is 0 Å². The molecule has 0 radical (unpaired) electrons.